The number of carbonyl (C=O) groups is 1. The Kier molecular flexibility index (Phi) is 6.85. The van der Waals surface area contributed by atoms with Gasteiger partial charge in [-0.25, -0.2) is 9.97 Å². The van der Waals surface area contributed by atoms with Gasteiger partial charge < -0.3 is 15.0 Å². The fraction of sp³-hybridized carbons (Fsp3) is 0.500. The highest BCUT2D eigenvalue weighted by molar-refractivity contribution is 5.93. The summed E-state index contributed by atoms with van der Waals surface area (Å²) in [6.45, 7) is 5.62. The van der Waals surface area contributed by atoms with Crippen molar-refractivity contribution in [3.8, 4) is 5.75 Å². The number of rotatable bonds is 7. The molecule has 28 heavy (non-hydrogen) atoms. The van der Waals surface area contributed by atoms with Gasteiger partial charge in [-0.05, 0) is 56.7 Å². The van der Waals surface area contributed by atoms with Crippen LogP contribution in [0.1, 0.15) is 54.5 Å². The van der Waals surface area contributed by atoms with Gasteiger partial charge in [-0.2, -0.15) is 0 Å². The predicted octanol–water partition coefficient (Wildman–Crippen LogP) is 3.54. The van der Waals surface area contributed by atoms with Crippen LogP contribution in [0.4, 0.5) is 5.82 Å². The highest BCUT2D eigenvalue weighted by Crippen LogP contribution is 2.25. The summed E-state index contributed by atoms with van der Waals surface area (Å²) in [6, 6.07) is 10.2. The number of hydrogen-bond donors (Lipinski definition) is 1. The Morgan fingerprint density at radius 3 is 2.75 bits per heavy atom. The van der Waals surface area contributed by atoms with Crippen molar-refractivity contribution in [2.45, 2.75) is 52.0 Å². The van der Waals surface area contributed by atoms with Gasteiger partial charge in [0.1, 0.15) is 23.1 Å². The summed E-state index contributed by atoms with van der Waals surface area (Å²) >= 11 is 0. The zero-order valence-corrected chi connectivity index (χ0v) is 17.1. The number of piperidine rings is 1. The summed E-state index contributed by atoms with van der Waals surface area (Å²) in [5.41, 5.74) is 1.59. The zero-order valence-electron chi connectivity index (χ0n) is 17.1. The third-order valence-electron chi connectivity index (χ3n) is 5.31. The van der Waals surface area contributed by atoms with Gasteiger partial charge in [-0.3, -0.25) is 4.79 Å². The Bertz CT molecular complexity index is 792. The molecule has 1 atom stereocenters. The molecule has 6 heteroatoms. The molecule has 3 rings (SSSR count). The lowest BCUT2D eigenvalue weighted by Crippen LogP contribution is -2.40. The van der Waals surface area contributed by atoms with E-state index in [9.17, 15) is 4.79 Å². The van der Waals surface area contributed by atoms with E-state index in [0.29, 0.717) is 24.1 Å². The number of aryl methyl sites for hydroxylation is 1. The SMILES string of the molecule is CCC1CCCCN1c1cc(C(=O)NCCc2ccc(OC)cc2)nc(C)n1. The van der Waals surface area contributed by atoms with Crippen molar-refractivity contribution in [2.75, 3.05) is 25.1 Å². The van der Waals surface area contributed by atoms with Crippen LogP contribution in [0.25, 0.3) is 0 Å². The van der Waals surface area contributed by atoms with Crippen molar-refractivity contribution in [1.29, 1.82) is 0 Å². The second-order valence-electron chi connectivity index (χ2n) is 7.26. The molecule has 2 aromatic rings. The fourth-order valence-electron chi connectivity index (χ4n) is 3.75. The van der Waals surface area contributed by atoms with Gasteiger partial charge in [0.05, 0.1) is 7.11 Å². The normalized spacial score (nSPS) is 16.7. The van der Waals surface area contributed by atoms with E-state index in [0.717, 1.165) is 36.5 Å². The maximum atomic E-state index is 12.6. The summed E-state index contributed by atoms with van der Waals surface area (Å²) in [5, 5.41) is 2.98. The Morgan fingerprint density at radius 2 is 2.04 bits per heavy atom. The van der Waals surface area contributed by atoms with Gasteiger partial charge in [0, 0.05) is 25.2 Å². The van der Waals surface area contributed by atoms with E-state index in [-0.39, 0.29) is 5.91 Å². The first kappa shape index (κ1) is 20.1. The molecule has 1 aliphatic rings. The van der Waals surface area contributed by atoms with Crippen LogP contribution in [0.15, 0.2) is 30.3 Å². The number of hydrogen-bond acceptors (Lipinski definition) is 5. The van der Waals surface area contributed by atoms with E-state index in [1.807, 2.05) is 37.3 Å². The molecule has 150 valence electrons. The molecule has 1 unspecified atom stereocenters. The molecular weight excluding hydrogens is 352 g/mol. The highest BCUT2D eigenvalue weighted by Gasteiger charge is 2.23. The molecule has 1 saturated heterocycles. The molecule has 0 saturated carbocycles. The number of nitrogens with one attached hydrogen (secondary N) is 1. The number of nitrogens with zero attached hydrogens (tertiary/aromatic N) is 3. The molecule has 1 amide bonds. The monoisotopic (exact) mass is 382 g/mol. The molecular formula is C22H30N4O2. The molecule has 0 spiro atoms. The molecule has 6 nitrogen and oxygen atoms in total. The van der Waals surface area contributed by atoms with Crippen LogP contribution < -0.4 is 15.0 Å². The molecule has 1 N–H and O–H groups in total. The third kappa shape index (κ3) is 5.00. The van der Waals surface area contributed by atoms with Crippen LogP contribution in [0.5, 0.6) is 5.75 Å². The topological polar surface area (TPSA) is 67.4 Å². The largest absolute Gasteiger partial charge is 0.497 e. The molecule has 0 bridgehead atoms. The lowest BCUT2D eigenvalue weighted by atomic mass is 10.00. The van der Waals surface area contributed by atoms with Gasteiger partial charge >= 0.3 is 0 Å². The molecule has 1 aromatic heterocycles. The van der Waals surface area contributed by atoms with Crippen molar-refractivity contribution in [2.24, 2.45) is 0 Å². The van der Waals surface area contributed by atoms with Crippen molar-refractivity contribution < 1.29 is 9.53 Å². The van der Waals surface area contributed by atoms with Crippen LogP contribution in [0.3, 0.4) is 0 Å². The zero-order chi connectivity index (χ0) is 19.9. The first-order valence-corrected chi connectivity index (χ1v) is 10.1. The number of methoxy groups -OCH3 is 1. The van der Waals surface area contributed by atoms with Crippen LogP contribution in [-0.4, -0.2) is 42.1 Å². The Labute approximate surface area is 167 Å². The third-order valence-corrected chi connectivity index (χ3v) is 5.31. The van der Waals surface area contributed by atoms with Crippen LogP contribution in [-0.2, 0) is 6.42 Å². The lowest BCUT2D eigenvalue weighted by molar-refractivity contribution is 0.0948. The fourth-order valence-corrected chi connectivity index (χ4v) is 3.75. The molecule has 2 heterocycles. The maximum Gasteiger partial charge on any atom is 0.270 e. The Hall–Kier alpha value is -2.63. The van der Waals surface area contributed by atoms with Gasteiger partial charge in [0.15, 0.2) is 0 Å². The average Bonchev–Trinajstić information content (AvgIpc) is 2.73. The standard InChI is InChI=1S/C22H30N4O2/c1-4-18-7-5-6-14-26(18)21-15-20(24-16(2)25-21)22(27)23-13-12-17-8-10-19(28-3)11-9-17/h8-11,15,18H,4-7,12-14H2,1-3H3,(H,23,27). The van der Waals surface area contributed by atoms with E-state index in [2.05, 4.69) is 27.1 Å². The van der Waals surface area contributed by atoms with Gasteiger partial charge in [-0.1, -0.05) is 19.1 Å². The van der Waals surface area contributed by atoms with Crippen molar-refractivity contribution in [3.63, 3.8) is 0 Å². The van der Waals surface area contributed by atoms with Crippen molar-refractivity contribution in [1.82, 2.24) is 15.3 Å². The second-order valence-corrected chi connectivity index (χ2v) is 7.26. The first-order valence-electron chi connectivity index (χ1n) is 10.1. The van der Waals surface area contributed by atoms with E-state index in [1.165, 1.54) is 19.3 Å². The molecule has 1 aromatic carbocycles. The number of benzene rings is 1. The maximum absolute atomic E-state index is 12.6. The molecule has 1 aliphatic heterocycles. The average molecular weight is 383 g/mol. The minimum atomic E-state index is -0.148. The second kappa shape index (κ2) is 9.53. The lowest BCUT2D eigenvalue weighted by Gasteiger charge is -2.36. The van der Waals surface area contributed by atoms with Gasteiger partial charge in [-0.15, -0.1) is 0 Å². The van der Waals surface area contributed by atoms with Crippen LogP contribution in [0.2, 0.25) is 0 Å². The number of aromatic nitrogens is 2. The smallest absolute Gasteiger partial charge is 0.270 e. The first-order chi connectivity index (χ1) is 13.6. The summed E-state index contributed by atoms with van der Waals surface area (Å²) in [6.07, 6.45) is 5.47. The van der Waals surface area contributed by atoms with Crippen molar-refractivity contribution >= 4 is 11.7 Å². The molecule has 0 radical (unpaired) electrons. The van der Waals surface area contributed by atoms with E-state index >= 15 is 0 Å². The number of amides is 1. The highest BCUT2D eigenvalue weighted by atomic mass is 16.5. The van der Waals surface area contributed by atoms with E-state index in [4.69, 9.17) is 4.74 Å². The predicted molar refractivity (Wildman–Crippen MR) is 111 cm³/mol. The summed E-state index contributed by atoms with van der Waals surface area (Å²) in [5.74, 6) is 2.20. The van der Waals surface area contributed by atoms with E-state index in [1.54, 1.807) is 7.11 Å². The van der Waals surface area contributed by atoms with Crippen molar-refractivity contribution in [3.05, 3.63) is 47.4 Å². The quantitative estimate of drug-likeness (QED) is 0.793. The minimum Gasteiger partial charge on any atom is -0.497 e. The number of carbonyl (C=O) groups excluding carboxylic acids is 1. The summed E-state index contributed by atoms with van der Waals surface area (Å²) in [4.78, 5) is 23.9. The summed E-state index contributed by atoms with van der Waals surface area (Å²) < 4.78 is 5.17. The van der Waals surface area contributed by atoms with Crippen LogP contribution >= 0.6 is 0 Å². The van der Waals surface area contributed by atoms with Gasteiger partial charge in [0.25, 0.3) is 5.91 Å². The van der Waals surface area contributed by atoms with Crippen LogP contribution in [0, 0.1) is 6.92 Å². The summed E-state index contributed by atoms with van der Waals surface area (Å²) in [7, 11) is 1.65. The number of anilines is 1. The molecule has 0 aliphatic carbocycles. The Balaban J connectivity index is 1.63. The van der Waals surface area contributed by atoms with E-state index < -0.39 is 0 Å². The van der Waals surface area contributed by atoms with Gasteiger partial charge in [0.2, 0.25) is 0 Å². The molecule has 1 fully saturated rings. The minimum absolute atomic E-state index is 0.148. The number of ether oxygens (including phenoxy) is 1. The Morgan fingerprint density at radius 1 is 1.25 bits per heavy atom.